The van der Waals surface area contributed by atoms with E-state index in [4.69, 9.17) is 9.47 Å². The van der Waals surface area contributed by atoms with E-state index in [9.17, 15) is 19.8 Å². The molecule has 0 fully saturated rings. The smallest absolute Gasteiger partial charge is 0.305 e. The second kappa shape index (κ2) is 27.1. The molecular formula is C35H57NO6. The monoisotopic (exact) mass is 587 g/mol. The lowest BCUT2D eigenvalue weighted by Gasteiger charge is -2.34. The van der Waals surface area contributed by atoms with Crippen molar-refractivity contribution in [1.29, 1.82) is 0 Å². The van der Waals surface area contributed by atoms with Crippen molar-refractivity contribution in [3.8, 4) is 0 Å². The predicted octanol–water partition coefficient (Wildman–Crippen LogP) is 5.77. The molecule has 7 nitrogen and oxygen atoms in total. The number of likely N-dealkylation sites (N-methyl/N-ethyl adjacent to an activating group) is 1. The topological polar surface area (TPSA) is 95.9 Å². The Balaban J connectivity index is 3.68. The summed E-state index contributed by atoms with van der Waals surface area (Å²) in [5.74, 6) is -1.46. The molecule has 0 rings (SSSR count). The van der Waals surface area contributed by atoms with Crippen LogP contribution in [0.5, 0.6) is 0 Å². The van der Waals surface area contributed by atoms with Crippen molar-refractivity contribution in [2.24, 2.45) is 0 Å². The fraction of sp³-hybridized carbons (Fsp3) is 0.600. The third-order valence-corrected chi connectivity index (χ3v) is 6.34. The zero-order valence-electron chi connectivity index (χ0n) is 26.6. The molecule has 0 aromatic heterocycles. The van der Waals surface area contributed by atoms with Gasteiger partial charge in [-0.25, -0.2) is 0 Å². The second-order valence-electron chi connectivity index (χ2n) is 11.2. The first-order valence-electron chi connectivity index (χ1n) is 15.5. The van der Waals surface area contributed by atoms with E-state index >= 15 is 0 Å². The molecule has 0 aromatic carbocycles. The number of carboxylic acid groups (broad SMARTS) is 1. The van der Waals surface area contributed by atoms with Gasteiger partial charge in [0.2, 0.25) is 0 Å². The van der Waals surface area contributed by atoms with Gasteiger partial charge in [-0.15, -0.1) is 0 Å². The van der Waals surface area contributed by atoms with Crippen molar-refractivity contribution >= 4 is 11.9 Å². The number of aliphatic carboxylic acids is 1. The van der Waals surface area contributed by atoms with Gasteiger partial charge in [-0.3, -0.25) is 4.79 Å². The number of hydrogen-bond acceptors (Lipinski definition) is 6. The maximum Gasteiger partial charge on any atom is 0.305 e. The summed E-state index contributed by atoms with van der Waals surface area (Å²) in [7, 11) is 5.33. The Bertz CT molecular complexity index is 863. The summed E-state index contributed by atoms with van der Waals surface area (Å²) in [4.78, 5) is 23.1. The van der Waals surface area contributed by atoms with Crippen LogP contribution in [0.1, 0.15) is 84.0 Å². The number of aliphatic hydroxyl groups excluding tert-OH is 1. The lowest BCUT2D eigenvalue weighted by molar-refractivity contribution is -0.889. The van der Waals surface area contributed by atoms with Gasteiger partial charge in [0.15, 0.2) is 0 Å². The van der Waals surface area contributed by atoms with Gasteiger partial charge in [-0.2, -0.15) is 0 Å². The average molecular weight is 588 g/mol. The molecule has 42 heavy (non-hydrogen) atoms. The zero-order chi connectivity index (χ0) is 31.3. The van der Waals surface area contributed by atoms with E-state index < -0.39 is 18.1 Å². The Morgan fingerprint density at radius 3 is 1.71 bits per heavy atom. The molecule has 0 amide bonds. The van der Waals surface area contributed by atoms with E-state index in [0.29, 0.717) is 6.42 Å². The number of carboxylic acids is 1. The van der Waals surface area contributed by atoms with Gasteiger partial charge in [0.1, 0.15) is 18.8 Å². The van der Waals surface area contributed by atoms with Crippen LogP contribution >= 0.6 is 0 Å². The van der Waals surface area contributed by atoms with E-state index in [-0.39, 0.29) is 36.7 Å². The molecule has 238 valence electrons. The molecule has 0 aliphatic heterocycles. The van der Waals surface area contributed by atoms with E-state index in [2.05, 4.69) is 79.8 Å². The van der Waals surface area contributed by atoms with Crippen LogP contribution in [0.3, 0.4) is 0 Å². The van der Waals surface area contributed by atoms with Gasteiger partial charge in [0.25, 0.3) is 0 Å². The lowest BCUT2D eigenvalue weighted by atomic mass is 10.1. The highest BCUT2D eigenvalue weighted by molar-refractivity contribution is 5.69. The molecule has 0 aliphatic carbocycles. The molecule has 0 saturated carbocycles. The summed E-state index contributed by atoms with van der Waals surface area (Å²) >= 11 is 0. The van der Waals surface area contributed by atoms with E-state index in [1.54, 1.807) is 21.1 Å². The van der Waals surface area contributed by atoms with Crippen molar-refractivity contribution in [3.63, 3.8) is 0 Å². The quantitative estimate of drug-likeness (QED) is 0.0598. The van der Waals surface area contributed by atoms with Crippen LogP contribution in [0.15, 0.2) is 72.9 Å². The van der Waals surface area contributed by atoms with Crippen LogP contribution in [0.4, 0.5) is 0 Å². The van der Waals surface area contributed by atoms with Gasteiger partial charge < -0.3 is 29.0 Å². The molecular weight excluding hydrogens is 530 g/mol. The molecule has 0 heterocycles. The van der Waals surface area contributed by atoms with Crippen LogP contribution in [-0.4, -0.2) is 74.6 Å². The van der Waals surface area contributed by atoms with E-state index in [1.807, 2.05) is 0 Å². The second-order valence-corrected chi connectivity index (χ2v) is 11.2. The first kappa shape index (κ1) is 39.3. The molecule has 0 aliphatic rings. The van der Waals surface area contributed by atoms with Gasteiger partial charge >= 0.3 is 5.97 Å². The Morgan fingerprint density at radius 1 is 0.738 bits per heavy atom. The highest BCUT2D eigenvalue weighted by Gasteiger charge is 2.24. The van der Waals surface area contributed by atoms with Gasteiger partial charge in [0.05, 0.1) is 40.3 Å². The number of carbonyl (C=O) groups is 2. The third-order valence-electron chi connectivity index (χ3n) is 6.34. The van der Waals surface area contributed by atoms with E-state index in [0.717, 1.165) is 64.2 Å². The number of carbonyl (C=O) groups excluding carboxylic acids is 2. The summed E-state index contributed by atoms with van der Waals surface area (Å²) in [6, 6.07) is -0.695. The maximum atomic E-state index is 11.9. The largest absolute Gasteiger partial charge is 0.544 e. The Hall–Kier alpha value is -2.74. The number of hydrogen-bond donors (Lipinski definition) is 1. The average Bonchev–Trinajstić information content (AvgIpc) is 2.93. The van der Waals surface area contributed by atoms with Crippen molar-refractivity contribution < 1.29 is 33.8 Å². The van der Waals surface area contributed by atoms with Crippen LogP contribution in [-0.2, 0) is 19.1 Å². The van der Waals surface area contributed by atoms with Gasteiger partial charge in [0, 0.05) is 12.8 Å². The van der Waals surface area contributed by atoms with Crippen molar-refractivity contribution in [2.45, 2.75) is 96.1 Å². The molecule has 2 unspecified atom stereocenters. The number of allylic oxidation sites excluding steroid dienone is 12. The van der Waals surface area contributed by atoms with Crippen LogP contribution < -0.4 is 5.11 Å². The predicted molar refractivity (Wildman–Crippen MR) is 171 cm³/mol. The minimum Gasteiger partial charge on any atom is -0.544 e. The Morgan fingerprint density at radius 2 is 1.24 bits per heavy atom. The van der Waals surface area contributed by atoms with Crippen LogP contribution in [0, 0.1) is 0 Å². The fourth-order valence-electron chi connectivity index (χ4n) is 3.89. The van der Waals surface area contributed by atoms with Crippen LogP contribution in [0.2, 0.25) is 0 Å². The number of esters is 1. The maximum absolute atomic E-state index is 11.9. The normalized spacial score (nSPS) is 14.4. The molecule has 0 spiro atoms. The standard InChI is InChI=1S/C35H57NO6/c1-5-6-7-8-9-10-11-12-13-14-15-16-17-18-19-20-21-22-23-24-25-26-27-34(38)42-31-32(37)30-41-29-28-33(35(39)40)36(2,3)4/h6-7,9-10,12-13,15-16,18-19,21-22,32-33,37H,5,8,11,14,17,20,23-31H2,1-4H3/b7-6+,10-9+,13-12+,16-15+,19-18+,22-21+. The fourth-order valence-corrected chi connectivity index (χ4v) is 3.89. The highest BCUT2D eigenvalue weighted by atomic mass is 16.5. The Kier molecular flexibility index (Phi) is 25.3. The zero-order valence-corrected chi connectivity index (χ0v) is 26.6. The van der Waals surface area contributed by atoms with Crippen molar-refractivity contribution in [2.75, 3.05) is 41.0 Å². The summed E-state index contributed by atoms with van der Waals surface area (Å²) in [5, 5.41) is 21.2. The van der Waals surface area contributed by atoms with Gasteiger partial charge in [-0.1, -0.05) is 86.3 Å². The van der Waals surface area contributed by atoms with Crippen molar-refractivity contribution in [1.82, 2.24) is 0 Å². The number of unbranched alkanes of at least 4 members (excludes halogenated alkanes) is 3. The minimum atomic E-state index is -1.13. The molecule has 0 bridgehead atoms. The number of quaternary nitrogens is 1. The Labute approximate surface area is 255 Å². The first-order valence-corrected chi connectivity index (χ1v) is 15.5. The summed E-state index contributed by atoms with van der Waals surface area (Å²) in [5.41, 5.74) is 0. The number of aliphatic hydroxyl groups is 1. The highest BCUT2D eigenvalue weighted by Crippen LogP contribution is 2.08. The van der Waals surface area contributed by atoms with Gasteiger partial charge in [-0.05, 0) is 57.8 Å². The summed E-state index contributed by atoms with van der Waals surface area (Å²) in [6.07, 6.45) is 35.7. The summed E-state index contributed by atoms with van der Waals surface area (Å²) < 4.78 is 10.7. The van der Waals surface area contributed by atoms with E-state index in [1.165, 1.54) is 0 Å². The molecule has 0 aromatic rings. The lowest BCUT2D eigenvalue weighted by Crippen LogP contribution is -2.55. The number of rotatable bonds is 26. The number of ether oxygens (including phenoxy) is 2. The SMILES string of the molecule is CC/C=C/C/C=C/C/C=C/C/C=C/C/C=C/C/C=C/CCCCCC(=O)OCC(O)COCCC(C(=O)[O-])[N+](C)(C)C. The first-order chi connectivity index (χ1) is 20.2. The molecule has 0 saturated heterocycles. The van der Waals surface area contributed by atoms with Crippen LogP contribution in [0.25, 0.3) is 0 Å². The van der Waals surface area contributed by atoms with Crippen molar-refractivity contribution in [3.05, 3.63) is 72.9 Å². The molecule has 7 heteroatoms. The molecule has 2 atom stereocenters. The number of nitrogens with zero attached hydrogens (tertiary/aromatic N) is 1. The minimum absolute atomic E-state index is 0.0177. The molecule has 0 radical (unpaired) electrons. The third kappa shape index (κ3) is 26.2. The molecule has 1 N–H and O–H groups in total. The summed E-state index contributed by atoms with van der Waals surface area (Å²) in [6.45, 7) is 2.18.